The average molecular weight is 244 g/mol. The second-order valence-electron chi connectivity index (χ2n) is 4.72. The van der Waals surface area contributed by atoms with Crippen LogP contribution in [0.4, 0.5) is 0 Å². The van der Waals surface area contributed by atoms with E-state index < -0.39 is 0 Å². The molecule has 4 heteroatoms. The van der Waals surface area contributed by atoms with Crippen LogP contribution in [0.2, 0.25) is 0 Å². The van der Waals surface area contributed by atoms with Gasteiger partial charge in [-0.05, 0) is 30.5 Å². The maximum absolute atomic E-state index is 8.73. The molecule has 3 N–H and O–H groups in total. The Balaban J connectivity index is 2.61. The van der Waals surface area contributed by atoms with Gasteiger partial charge in [0.05, 0.1) is 17.7 Å². The molecule has 0 saturated heterocycles. The number of aliphatic imine (C=N–C) groups is 1. The van der Waals surface area contributed by atoms with Crippen LogP contribution in [0.1, 0.15) is 37.9 Å². The zero-order valence-corrected chi connectivity index (χ0v) is 11.1. The van der Waals surface area contributed by atoms with Gasteiger partial charge in [-0.1, -0.05) is 26.0 Å². The highest BCUT2D eigenvalue weighted by Gasteiger charge is 2.05. The van der Waals surface area contributed by atoms with Gasteiger partial charge in [-0.3, -0.25) is 4.99 Å². The first kappa shape index (κ1) is 14.0. The zero-order chi connectivity index (χ0) is 13.5. The van der Waals surface area contributed by atoms with Crippen molar-refractivity contribution in [1.29, 1.82) is 5.26 Å². The highest BCUT2D eigenvalue weighted by atomic mass is 15.1. The lowest BCUT2D eigenvalue weighted by atomic mass is 10.1. The number of benzene rings is 1. The van der Waals surface area contributed by atoms with Crippen LogP contribution in [-0.4, -0.2) is 12.5 Å². The summed E-state index contributed by atoms with van der Waals surface area (Å²) in [5.41, 5.74) is 7.54. The van der Waals surface area contributed by atoms with E-state index in [-0.39, 0.29) is 6.04 Å². The van der Waals surface area contributed by atoms with Crippen molar-refractivity contribution in [2.45, 2.75) is 26.8 Å². The Bertz CT molecular complexity index is 440. The molecule has 0 saturated carbocycles. The van der Waals surface area contributed by atoms with Crippen LogP contribution in [-0.2, 0) is 0 Å². The van der Waals surface area contributed by atoms with Crippen LogP contribution in [0.3, 0.4) is 0 Å². The van der Waals surface area contributed by atoms with Crippen molar-refractivity contribution in [3.8, 4) is 6.07 Å². The molecule has 0 aliphatic carbocycles. The standard InChI is InChI=1S/C14H20N4/c1-10(2)9-17-14(16)18-11(3)13-6-4-12(8-15)5-7-13/h4-7,10-11H,9H2,1-3H3,(H3,16,17,18). The van der Waals surface area contributed by atoms with Crippen LogP contribution in [0.25, 0.3) is 0 Å². The second kappa shape index (κ2) is 6.65. The smallest absolute Gasteiger partial charge is 0.189 e. The molecule has 0 aliphatic rings. The molecule has 0 bridgehead atoms. The van der Waals surface area contributed by atoms with Gasteiger partial charge < -0.3 is 11.1 Å². The molecule has 1 unspecified atom stereocenters. The van der Waals surface area contributed by atoms with Crippen LogP contribution >= 0.6 is 0 Å². The fourth-order valence-electron chi connectivity index (χ4n) is 1.48. The molecule has 96 valence electrons. The molecule has 0 radical (unpaired) electrons. The monoisotopic (exact) mass is 244 g/mol. The van der Waals surface area contributed by atoms with Crippen LogP contribution in [0.5, 0.6) is 0 Å². The van der Waals surface area contributed by atoms with E-state index in [9.17, 15) is 0 Å². The first-order chi connectivity index (χ1) is 8.52. The normalized spacial score (nSPS) is 13.2. The SMILES string of the molecule is CC(C)CN=C(N)NC(C)c1ccc(C#N)cc1. The van der Waals surface area contributed by atoms with Crippen molar-refractivity contribution in [3.63, 3.8) is 0 Å². The summed E-state index contributed by atoms with van der Waals surface area (Å²) in [4.78, 5) is 4.25. The maximum atomic E-state index is 8.73. The highest BCUT2D eigenvalue weighted by Crippen LogP contribution is 2.12. The molecule has 0 amide bonds. The highest BCUT2D eigenvalue weighted by molar-refractivity contribution is 5.78. The van der Waals surface area contributed by atoms with Gasteiger partial charge in [0.15, 0.2) is 5.96 Å². The predicted octanol–water partition coefficient (Wildman–Crippen LogP) is 2.18. The molecule has 0 spiro atoms. The zero-order valence-electron chi connectivity index (χ0n) is 11.1. The first-order valence-corrected chi connectivity index (χ1v) is 6.09. The third kappa shape index (κ3) is 4.46. The molecule has 18 heavy (non-hydrogen) atoms. The molecule has 1 atom stereocenters. The van der Waals surface area contributed by atoms with E-state index >= 15 is 0 Å². The Kier molecular flexibility index (Phi) is 5.19. The van der Waals surface area contributed by atoms with Gasteiger partial charge in [0.25, 0.3) is 0 Å². The number of nitriles is 1. The minimum Gasteiger partial charge on any atom is -0.370 e. The lowest BCUT2D eigenvalue weighted by Gasteiger charge is -2.15. The molecule has 1 aromatic carbocycles. The number of nitrogens with zero attached hydrogens (tertiary/aromatic N) is 2. The fourth-order valence-corrected chi connectivity index (χ4v) is 1.48. The second-order valence-corrected chi connectivity index (χ2v) is 4.72. The summed E-state index contributed by atoms with van der Waals surface area (Å²) >= 11 is 0. The quantitative estimate of drug-likeness (QED) is 0.629. The number of rotatable bonds is 4. The summed E-state index contributed by atoms with van der Waals surface area (Å²) in [7, 11) is 0. The minimum atomic E-state index is 0.0775. The average Bonchev–Trinajstić information content (AvgIpc) is 2.36. The van der Waals surface area contributed by atoms with E-state index in [4.69, 9.17) is 11.0 Å². The topological polar surface area (TPSA) is 74.2 Å². The van der Waals surface area contributed by atoms with Gasteiger partial charge in [-0.15, -0.1) is 0 Å². The van der Waals surface area contributed by atoms with Crippen LogP contribution < -0.4 is 11.1 Å². The first-order valence-electron chi connectivity index (χ1n) is 6.09. The molecule has 1 rings (SSSR count). The molecular weight excluding hydrogens is 224 g/mol. The Hall–Kier alpha value is -2.02. The molecule has 4 nitrogen and oxygen atoms in total. The summed E-state index contributed by atoms with van der Waals surface area (Å²) in [6.45, 7) is 6.93. The summed E-state index contributed by atoms with van der Waals surface area (Å²) in [5, 5.41) is 11.9. The van der Waals surface area contributed by atoms with E-state index in [1.807, 2.05) is 19.1 Å². The van der Waals surface area contributed by atoms with Gasteiger partial charge in [0, 0.05) is 6.54 Å². The summed E-state index contributed by atoms with van der Waals surface area (Å²) in [6, 6.07) is 9.62. The van der Waals surface area contributed by atoms with Crippen LogP contribution in [0.15, 0.2) is 29.3 Å². The van der Waals surface area contributed by atoms with Gasteiger partial charge in [0.2, 0.25) is 0 Å². The number of nitrogens with one attached hydrogen (secondary N) is 1. The number of hydrogen-bond acceptors (Lipinski definition) is 2. The maximum Gasteiger partial charge on any atom is 0.189 e. The third-order valence-electron chi connectivity index (χ3n) is 2.53. The third-order valence-corrected chi connectivity index (χ3v) is 2.53. The van der Waals surface area contributed by atoms with E-state index in [2.05, 4.69) is 30.2 Å². The molecule has 1 aromatic rings. The van der Waals surface area contributed by atoms with Gasteiger partial charge >= 0.3 is 0 Å². The van der Waals surface area contributed by atoms with Gasteiger partial charge in [-0.25, -0.2) is 0 Å². The molecule has 0 aliphatic heterocycles. The van der Waals surface area contributed by atoms with Gasteiger partial charge in [0.1, 0.15) is 0 Å². The van der Waals surface area contributed by atoms with Crippen molar-refractivity contribution in [3.05, 3.63) is 35.4 Å². The van der Waals surface area contributed by atoms with E-state index in [0.29, 0.717) is 17.4 Å². The predicted molar refractivity (Wildman–Crippen MR) is 74.0 cm³/mol. The number of nitrogens with two attached hydrogens (primary N) is 1. The minimum absolute atomic E-state index is 0.0775. The summed E-state index contributed by atoms with van der Waals surface area (Å²) in [6.07, 6.45) is 0. The molecular formula is C14H20N4. The number of hydrogen-bond donors (Lipinski definition) is 2. The molecule has 0 heterocycles. The lowest BCUT2D eigenvalue weighted by molar-refractivity contribution is 0.652. The molecule has 0 fully saturated rings. The fraction of sp³-hybridized carbons (Fsp3) is 0.429. The van der Waals surface area contributed by atoms with E-state index in [0.717, 1.165) is 12.1 Å². The number of guanidine groups is 1. The largest absolute Gasteiger partial charge is 0.370 e. The Morgan fingerprint density at radius 1 is 1.33 bits per heavy atom. The van der Waals surface area contributed by atoms with Crippen LogP contribution in [0, 0.1) is 17.2 Å². The Labute approximate surface area is 109 Å². The summed E-state index contributed by atoms with van der Waals surface area (Å²) < 4.78 is 0. The van der Waals surface area contributed by atoms with Gasteiger partial charge in [-0.2, -0.15) is 5.26 Å². The van der Waals surface area contributed by atoms with Crippen molar-refractivity contribution in [2.75, 3.05) is 6.54 Å². The molecule has 0 aromatic heterocycles. The Morgan fingerprint density at radius 3 is 2.44 bits per heavy atom. The van der Waals surface area contributed by atoms with Crippen molar-refractivity contribution in [1.82, 2.24) is 5.32 Å². The van der Waals surface area contributed by atoms with E-state index in [1.165, 1.54) is 0 Å². The summed E-state index contributed by atoms with van der Waals surface area (Å²) in [5.74, 6) is 0.955. The van der Waals surface area contributed by atoms with Crippen molar-refractivity contribution >= 4 is 5.96 Å². The Morgan fingerprint density at radius 2 is 1.94 bits per heavy atom. The van der Waals surface area contributed by atoms with Crippen molar-refractivity contribution < 1.29 is 0 Å². The van der Waals surface area contributed by atoms with Crippen molar-refractivity contribution in [2.24, 2.45) is 16.6 Å². The lowest BCUT2D eigenvalue weighted by Crippen LogP contribution is -2.34. The van der Waals surface area contributed by atoms with E-state index in [1.54, 1.807) is 12.1 Å².